The summed E-state index contributed by atoms with van der Waals surface area (Å²) in [5.74, 6) is 0. The van der Waals surface area contributed by atoms with Gasteiger partial charge in [0.15, 0.2) is 0 Å². The van der Waals surface area contributed by atoms with Crippen LogP contribution in [0.4, 0.5) is 0 Å². The Morgan fingerprint density at radius 3 is 2.80 bits per heavy atom. The lowest BCUT2D eigenvalue weighted by Gasteiger charge is -2.01. The fraction of sp³-hybridized carbons (Fsp3) is 0.200. The van der Waals surface area contributed by atoms with Crippen molar-refractivity contribution >= 4 is 27.7 Å². The molecule has 0 N–H and O–H groups in total. The summed E-state index contributed by atoms with van der Waals surface area (Å²) in [7, 11) is 0. The molecule has 78 valence electrons. The van der Waals surface area contributed by atoms with Crippen LogP contribution >= 0.6 is 27.7 Å². The molecule has 0 aliphatic carbocycles. The van der Waals surface area contributed by atoms with Crippen LogP contribution < -0.4 is 0 Å². The summed E-state index contributed by atoms with van der Waals surface area (Å²) < 4.78 is 6.23. The van der Waals surface area contributed by atoms with E-state index in [4.69, 9.17) is 4.42 Å². The number of hydrogen-bond acceptors (Lipinski definition) is 4. The van der Waals surface area contributed by atoms with E-state index >= 15 is 0 Å². The molecule has 0 aliphatic heterocycles. The zero-order chi connectivity index (χ0) is 10.8. The minimum absolute atomic E-state index is 0.630. The Morgan fingerprint density at radius 2 is 2.20 bits per heavy atom. The van der Waals surface area contributed by atoms with Crippen LogP contribution in [0.1, 0.15) is 11.3 Å². The van der Waals surface area contributed by atoms with E-state index in [1.54, 1.807) is 12.5 Å². The van der Waals surface area contributed by atoms with Gasteiger partial charge >= 0.3 is 0 Å². The van der Waals surface area contributed by atoms with Crippen molar-refractivity contribution in [2.24, 2.45) is 0 Å². The highest BCUT2D eigenvalue weighted by Gasteiger charge is 2.07. The van der Waals surface area contributed by atoms with Crippen LogP contribution in [0.2, 0.25) is 0 Å². The predicted octanol–water partition coefficient (Wildman–Crippen LogP) is 3.60. The Morgan fingerprint density at radius 1 is 1.40 bits per heavy atom. The number of pyridine rings is 1. The van der Waals surface area contributed by atoms with Crippen molar-refractivity contribution in [3.8, 4) is 0 Å². The first-order valence-electron chi connectivity index (χ1n) is 4.37. The molecule has 0 saturated carbocycles. The molecule has 2 aromatic heterocycles. The van der Waals surface area contributed by atoms with Gasteiger partial charge in [-0.15, -0.1) is 0 Å². The van der Waals surface area contributed by atoms with E-state index in [-0.39, 0.29) is 0 Å². The Hall–Kier alpha value is -0.810. The fourth-order valence-electron chi connectivity index (χ4n) is 1.10. The third-order valence-electron chi connectivity index (χ3n) is 1.78. The molecule has 2 rings (SSSR count). The van der Waals surface area contributed by atoms with Gasteiger partial charge in [-0.25, -0.2) is 9.97 Å². The minimum atomic E-state index is 0.630. The van der Waals surface area contributed by atoms with Crippen molar-refractivity contribution in [1.82, 2.24) is 9.97 Å². The van der Waals surface area contributed by atoms with Gasteiger partial charge in [0.25, 0.3) is 5.22 Å². The second-order valence-corrected chi connectivity index (χ2v) is 4.99. The lowest BCUT2D eigenvalue weighted by atomic mass is 10.3. The average molecular weight is 285 g/mol. The number of oxazole rings is 1. The summed E-state index contributed by atoms with van der Waals surface area (Å²) in [6, 6.07) is 2.02. The molecule has 0 atom stereocenters. The van der Waals surface area contributed by atoms with Crippen LogP contribution in [-0.4, -0.2) is 9.97 Å². The van der Waals surface area contributed by atoms with Crippen LogP contribution in [0.3, 0.4) is 0 Å². The van der Waals surface area contributed by atoms with Crippen LogP contribution in [0.5, 0.6) is 0 Å². The summed E-state index contributed by atoms with van der Waals surface area (Å²) in [5.41, 5.74) is 1.98. The smallest absolute Gasteiger partial charge is 0.262 e. The average Bonchev–Trinajstić information content (AvgIpc) is 2.56. The summed E-state index contributed by atoms with van der Waals surface area (Å²) >= 11 is 4.81. The lowest BCUT2D eigenvalue weighted by Crippen LogP contribution is -1.85. The summed E-state index contributed by atoms with van der Waals surface area (Å²) in [6.45, 7) is 3.91. The van der Waals surface area contributed by atoms with Crippen molar-refractivity contribution < 1.29 is 4.42 Å². The van der Waals surface area contributed by atoms with Crippen LogP contribution in [0.15, 0.2) is 37.7 Å². The number of rotatable bonds is 2. The third kappa shape index (κ3) is 2.60. The Labute approximate surface area is 100 Å². The maximum absolute atomic E-state index is 5.25. The fourth-order valence-corrected chi connectivity index (χ4v) is 2.32. The predicted molar refractivity (Wildman–Crippen MR) is 62.0 cm³/mol. The van der Waals surface area contributed by atoms with Gasteiger partial charge < -0.3 is 4.42 Å². The maximum Gasteiger partial charge on any atom is 0.262 e. The molecule has 0 aliphatic rings. The quantitative estimate of drug-likeness (QED) is 0.845. The van der Waals surface area contributed by atoms with E-state index in [0.29, 0.717) is 5.22 Å². The molecule has 0 radical (unpaired) electrons. The first-order chi connectivity index (χ1) is 7.15. The van der Waals surface area contributed by atoms with Gasteiger partial charge in [-0.2, -0.15) is 0 Å². The normalized spacial score (nSPS) is 10.6. The second kappa shape index (κ2) is 4.37. The van der Waals surface area contributed by atoms with Crippen molar-refractivity contribution in [2.75, 3.05) is 0 Å². The van der Waals surface area contributed by atoms with E-state index in [1.807, 2.05) is 19.9 Å². The lowest BCUT2D eigenvalue weighted by molar-refractivity contribution is 0.453. The number of hydrogen-bond donors (Lipinski definition) is 0. The van der Waals surface area contributed by atoms with Gasteiger partial charge in [-0.3, -0.25) is 0 Å². The van der Waals surface area contributed by atoms with E-state index in [0.717, 1.165) is 20.8 Å². The Kier molecular flexibility index (Phi) is 3.11. The zero-order valence-corrected chi connectivity index (χ0v) is 10.7. The van der Waals surface area contributed by atoms with E-state index in [9.17, 15) is 0 Å². The van der Waals surface area contributed by atoms with Gasteiger partial charge in [0.2, 0.25) is 0 Å². The number of halogens is 1. The van der Waals surface area contributed by atoms with E-state index < -0.39 is 0 Å². The highest BCUT2D eigenvalue weighted by Crippen LogP contribution is 2.28. The molecule has 0 unspecified atom stereocenters. The van der Waals surface area contributed by atoms with E-state index in [1.165, 1.54) is 11.8 Å². The first-order valence-corrected chi connectivity index (χ1v) is 5.98. The summed E-state index contributed by atoms with van der Waals surface area (Å²) in [6.07, 6.45) is 3.40. The van der Waals surface area contributed by atoms with Gasteiger partial charge in [-0.1, -0.05) is 0 Å². The summed E-state index contributed by atoms with van der Waals surface area (Å²) in [4.78, 5) is 8.51. The van der Waals surface area contributed by atoms with Crippen molar-refractivity contribution in [3.63, 3.8) is 0 Å². The van der Waals surface area contributed by atoms with Crippen molar-refractivity contribution in [2.45, 2.75) is 24.1 Å². The highest BCUT2D eigenvalue weighted by atomic mass is 79.9. The molecule has 0 bridgehead atoms. The molecule has 0 fully saturated rings. The SMILES string of the molecule is Cc1coc(Sc2ncc(Br)cc2C)n1. The summed E-state index contributed by atoms with van der Waals surface area (Å²) in [5, 5.41) is 1.55. The standard InChI is InChI=1S/C10H9BrN2OS/c1-6-3-8(11)4-12-9(6)15-10-13-7(2)5-14-10/h3-5H,1-2H3. The molecule has 0 amide bonds. The Bertz CT molecular complexity index is 484. The molecular formula is C10H9BrN2OS. The molecular weight excluding hydrogens is 276 g/mol. The molecule has 0 spiro atoms. The molecule has 2 heterocycles. The largest absolute Gasteiger partial charge is 0.439 e. The molecule has 5 heteroatoms. The monoisotopic (exact) mass is 284 g/mol. The maximum atomic E-state index is 5.25. The third-order valence-corrected chi connectivity index (χ3v) is 3.20. The Balaban J connectivity index is 2.24. The van der Waals surface area contributed by atoms with Crippen LogP contribution in [0, 0.1) is 13.8 Å². The molecule has 2 aromatic rings. The number of aryl methyl sites for hydroxylation is 2. The van der Waals surface area contributed by atoms with Crippen LogP contribution in [-0.2, 0) is 0 Å². The van der Waals surface area contributed by atoms with E-state index in [2.05, 4.69) is 25.9 Å². The molecule has 0 aromatic carbocycles. The first kappa shape index (κ1) is 10.7. The van der Waals surface area contributed by atoms with Crippen molar-refractivity contribution in [1.29, 1.82) is 0 Å². The van der Waals surface area contributed by atoms with Gasteiger partial charge in [0, 0.05) is 10.7 Å². The number of aromatic nitrogens is 2. The topological polar surface area (TPSA) is 38.9 Å². The minimum Gasteiger partial charge on any atom is -0.439 e. The zero-order valence-electron chi connectivity index (χ0n) is 8.32. The van der Waals surface area contributed by atoms with Gasteiger partial charge in [0.05, 0.1) is 5.69 Å². The highest BCUT2D eigenvalue weighted by molar-refractivity contribution is 9.10. The molecule has 15 heavy (non-hydrogen) atoms. The number of nitrogens with zero attached hydrogens (tertiary/aromatic N) is 2. The second-order valence-electron chi connectivity index (χ2n) is 3.13. The van der Waals surface area contributed by atoms with Crippen molar-refractivity contribution in [3.05, 3.63) is 34.3 Å². The molecule has 0 saturated heterocycles. The van der Waals surface area contributed by atoms with Gasteiger partial charge in [-0.05, 0) is 53.2 Å². The van der Waals surface area contributed by atoms with Gasteiger partial charge in [0.1, 0.15) is 11.3 Å². The molecule has 3 nitrogen and oxygen atoms in total. The van der Waals surface area contributed by atoms with Crippen LogP contribution in [0.25, 0.3) is 0 Å².